The zero-order chi connectivity index (χ0) is 15.1. The van der Waals surface area contributed by atoms with E-state index in [1.54, 1.807) is 4.90 Å². The molecule has 1 aliphatic rings. The van der Waals surface area contributed by atoms with Gasteiger partial charge in [0.05, 0.1) is 13.2 Å². The number of nitrogens with one attached hydrogen (secondary N) is 1. The van der Waals surface area contributed by atoms with E-state index >= 15 is 0 Å². The number of ether oxygens (including phenoxy) is 1. The van der Waals surface area contributed by atoms with Crippen molar-refractivity contribution in [3.8, 4) is 0 Å². The van der Waals surface area contributed by atoms with Crippen LogP contribution in [0.1, 0.15) is 18.0 Å². The minimum absolute atomic E-state index is 0.0342. The Morgan fingerprint density at radius 3 is 2.57 bits per heavy atom. The Balaban J connectivity index is 1.72. The molecule has 0 aromatic heterocycles. The van der Waals surface area contributed by atoms with Crippen molar-refractivity contribution in [2.75, 3.05) is 32.8 Å². The second-order valence-electron chi connectivity index (χ2n) is 4.92. The molecule has 0 aliphatic carbocycles. The Hall–Kier alpha value is -1.92. The number of hydrogen-bond acceptors (Lipinski definition) is 4. The molecule has 1 fully saturated rings. The minimum atomic E-state index is -0.704. The number of carbonyl (C=O) groups is 2. The van der Waals surface area contributed by atoms with E-state index < -0.39 is 6.04 Å². The predicted molar refractivity (Wildman–Crippen MR) is 78.4 cm³/mol. The lowest BCUT2D eigenvalue weighted by molar-refractivity contribution is -0.135. The van der Waals surface area contributed by atoms with Crippen molar-refractivity contribution in [2.24, 2.45) is 5.73 Å². The van der Waals surface area contributed by atoms with Gasteiger partial charge in [-0.2, -0.15) is 0 Å². The summed E-state index contributed by atoms with van der Waals surface area (Å²) in [4.78, 5) is 25.6. The van der Waals surface area contributed by atoms with E-state index in [0.29, 0.717) is 32.8 Å². The van der Waals surface area contributed by atoms with E-state index in [1.807, 2.05) is 30.3 Å². The summed E-state index contributed by atoms with van der Waals surface area (Å²) in [5.41, 5.74) is 6.63. The monoisotopic (exact) mass is 291 g/mol. The quantitative estimate of drug-likeness (QED) is 0.803. The molecule has 1 saturated heterocycles. The van der Waals surface area contributed by atoms with Gasteiger partial charge in [-0.3, -0.25) is 9.59 Å². The molecule has 1 heterocycles. The van der Waals surface area contributed by atoms with E-state index in [1.165, 1.54) is 0 Å². The van der Waals surface area contributed by atoms with Crippen LogP contribution in [0.25, 0.3) is 0 Å². The fourth-order valence-corrected chi connectivity index (χ4v) is 2.19. The fourth-order valence-electron chi connectivity index (χ4n) is 2.19. The molecule has 2 amide bonds. The largest absolute Gasteiger partial charge is 0.378 e. The summed E-state index contributed by atoms with van der Waals surface area (Å²) in [5, 5.41) is 2.71. The van der Waals surface area contributed by atoms with Gasteiger partial charge >= 0.3 is 0 Å². The highest BCUT2D eigenvalue weighted by Crippen LogP contribution is 2.09. The van der Waals surface area contributed by atoms with Crippen LogP contribution in [-0.2, 0) is 14.3 Å². The van der Waals surface area contributed by atoms with E-state index in [2.05, 4.69) is 5.32 Å². The standard InChI is InChI=1S/C15H21N3O3/c16-14(12-4-2-1-3-5-12)15(20)17-7-6-13(19)18-8-10-21-11-9-18/h1-5,14H,6-11,16H2,(H,17,20). The van der Waals surface area contributed by atoms with Gasteiger partial charge in [-0.05, 0) is 5.56 Å². The normalized spacial score (nSPS) is 16.3. The summed E-state index contributed by atoms with van der Waals surface area (Å²) in [6.07, 6.45) is 0.285. The molecular weight excluding hydrogens is 270 g/mol. The molecule has 6 nitrogen and oxygen atoms in total. The fraction of sp³-hybridized carbons (Fsp3) is 0.467. The SMILES string of the molecule is NC(C(=O)NCCC(=O)N1CCOCC1)c1ccccc1. The third-order valence-electron chi connectivity index (χ3n) is 3.44. The van der Waals surface area contributed by atoms with Gasteiger partial charge in [0.2, 0.25) is 11.8 Å². The number of benzene rings is 1. The highest BCUT2D eigenvalue weighted by Gasteiger charge is 2.18. The molecule has 1 aromatic rings. The first-order chi connectivity index (χ1) is 10.2. The molecule has 0 bridgehead atoms. The molecule has 114 valence electrons. The molecule has 1 aliphatic heterocycles. The predicted octanol–water partition coefficient (Wildman–Crippen LogP) is 0.0515. The maximum atomic E-state index is 11.9. The molecule has 0 spiro atoms. The van der Waals surface area contributed by atoms with Gasteiger partial charge in [0.1, 0.15) is 6.04 Å². The summed E-state index contributed by atoms with van der Waals surface area (Å²) in [6.45, 7) is 2.70. The van der Waals surface area contributed by atoms with Crippen molar-refractivity contribution in [1.29, 1.82) is 0 Å². The van der Waals surface area contributed by atoms with Crippen molar-refractivity contribution in [2.45, 2.75) is 12.5 Å². The van der Waals surface area contributed by atoms with Crippen molar-refractivity contribution in [3.63, 3.8) is 0 Å². The van der Waals surface area contributed by atoms with Crippen molar-refractivity contribution in [1.82, 2.24) is 10.2 Å². The Labute approximate surface area is 124 Å². The van der Waals surface area contributed by atoms with Crippen LogP contribution in [0.4, 0.5) is 0 Å². The molecular formula is C15H21N3O3. The summed E-state index contributed by atoms with van der Waals surface area (Å²) in [5.74, 6) is -0.233. The van der Waals surface area contributed by atoms with Crippen molar-refractivity contribution >= 4 is 11.8 Å². The third kappa shape index (κ3) is 4.54. The highest BCUT2D eigenvalue weighted by molar-refractivity contribution is 5.83. The first-order valence-electron chi connectivity index (χ1n) is 7.12. The van der Waals surface area contributed by atoms with E-state index in [-0.39, 0.29) is 18.2 Å². The van der Waals surface area contributed by atoms with Gasteiger partial charge in [-0.25, -0.2) is 0 Å². The van der Waals surface area contributed by atoms with Crippen LogP contribution in [0.5, 0.6) is 0 Å². The smallest absolute Gasteiger partial charge is 0.241 e. The molecule has 21 heavy (non-hydrogen) atoms. The van der Waals surface area contributed by atoms with Gasteiger partial charge in [-0.15, -0.1) is 0 Å². The minimum Gasteiger partial charge on any atom is -0.378 e. The topological polar surface area (TPSA) is 84.7 Å². The number of nitrogens with two attached hydrogens (primary N) is 1. The van der Waals surface area contributed by atoms with Gasteiger partial charge in [0.15, 0.2) is 0 Å². The summed E-state index contributed by atoms with van der Waals surface area (Å²) in [7, 11) is 0. The molecule has 1 unspecified atom stereocenters. The Morgan fingerprint density at radius 1 is 1.24 bits per heavy atom. The third-order valence-corrected chi connectivity index (χ3v) is 3.44. The first kappa shape index (κ1) is 15.5. The maximum absolute atomic E-state index is 11.9. The van der Waals surface area contributed by atoms with Crippen molar-refractivity contribution in [3.05, 3.63) is 35.9 Å². The second-order valence-corrected chi connectivity index (χ2v) is 4.92. The maximum Gasteiger partial charge on any atom is 0.241 e. The molecule has 6 heteroatoms. The van der Waals surface area contributed by atoms with E-state index in [9.17, 15) is 9.59 Å². The Bertz CT molecular complexity index is 472. The molecule has 0 saturated carbocycles. The molecule has 0 radical (unpaired) electrons. The zero-order valence-electron chi connectivity index (χ0n) is 12.0. The number of hydrogen-bond donors (Lipinski definition) is 2. The number of rotatable bonds is 5. The van der Waals surface area contributed by atoms with Crippen LogP contribution in [0.3, 0.4) is 0 Å². The lowest BCUT2D eigenvalue weighted by atomic mass is 10.1. The molecule has 1 aromatic carbocycles. The average Bonchev–Trinajstić information content (AvgIpc) is 2.55. The highest BCUT2D eigenvalue weighted by atomic mass is 16.5. The molecule has 1 atom stereocenters. The van der Waals surface area contributed by atoms with Gasteiger partial charge in [0.25, 0.3) is 0 Å². The second kappa shape index (κ2) is 7.75. The average molecular weight is 291 g/mol. The van der Waals surface area contributed by atoms with Crippen LogP contribution < -0.4 is 11.1 Å². The molecule has 2 rings (SSSR count). The lowest BCUT2D eigenvalue weighted by Gasteiger charge is -2.26. The number of carbonyl (C=O) groups excluding carboxylic acids is 2. The number of morpholine rings is 1. The summed E-state index contributed by atoms with van der Waals surface area (Å²) >= 11 is 0. The first-order valence-corrected chi connectivity index (χ1v) is 7.12. The lowest BCUT2D eigenvalue weighted by Crippen LogP contribution is -2.42. The Kier molecular flexibility index (Phi) is 5.71. The summed E-state index contributed by atoms with van der Waals surface area (Å²) in [6, 6.07) is 8.46. The summed E-state index contributed by atoms with van der Waals surface area (Å²) < 4.78 is 5.19. The number of nitrogens with zero attached hydrogens (tertiary/aromatic N) is 1. The van der Waals surface area contributed by atoms with Crippen LogP contribution in [-0.4, -0.2) is 49.6 Å². The van der Waals surface area contributed by atoms with Gasteiger partial charge < -0.3 is 20.7 Å². The van der Waals surface area contributed by atoms with Crippen LogP contribution in [0, 0.1) is 0 Å². The Morgan fingerprint density at radius 2 is 1.90 bits per heavy atom. The van der Waals surface area contributed by atoms with Crippen LogP contribution >= 0.6 is 0 Å². The number of amides is 2. The van der Waals surface area contributed by atoms with Crippen LogP contribution in [0.15, 0.2) is 30.3 Å². The molecule has 3 N–H and O–H groups in total. The van der Waals surface area contributed by atoms with E-state index in [0.717, 1.165) is 5.56 Å². The van der Waals surface area contributed by atoms with Crippen LogP contribution in [0.2, 0.25) is 0 Å². The van der Waals surface area contributed by atoms with Gasteiger partial charge in [0, 0.05) is 26.1 Å². The van der Waals surface area contributed by atoms with Crippen molar-refractivity contribution < 1.29 is 14.3 Å². The zero-order valence-corrected chi connectivity index (χ0v) is 12.0. The van der Waals surface area contributed by atoms with E-state index in [4.69, 9.17) is 10.5 Å². The van der Waals surface area contributed by atoms with Gasteiger partial charge in [-0.1, -0.05) is 30.3 Å².